The second kappa shape index (κ2) is 4.74. The fourth-order valence-electron chi connectivity index (χ4n) is 2.52. The van der Waals surface area contributed by atoms with E-state index < -0.39 is 5.92 Å². The lowest BCUT2D eigenvalue weighted by Gasteiger charge is -2.21. The standard InChI is InChI=1S/C15H15F2N3/c16-15(17)8-6-10(7-9-15)12-13(19-20-14(12)18)11-4-2-1-3-5-11/h1-6H,7-9H2,(H3,18,19,20). The van der Waals surface area contributed by atoms with Crippen LogP contribution in [-0.4, -0.2) is 16.1 Å². The van der Waals surface area contributed by atoms with Crippen molar-refractivity contribution in [3.05, 3.63) is 42.0 Å². The molecule has 0 unspecified atom stereocenters. The summed E-state index contributed by atoms with van der Waals surface area (Å²) >= 11 is 0. The van der Waals surface area contributed by atoms with E-state index >= 15 is 0 Å². The number of nitrogens with one attached hydrogen (secondary N) is 1. The molecule has 1 aliphatic rings. The third-order valence-electron chi connectivity index (χ3n) is 3.59. The average molecular weight is 275 g/mol. The zero-order valence-electron chi connectivity index (χ0n) is 10.9. The zero-order chi connectivity index (χ0) is 14.2. The minimum atomic E-state index is -2.60. The highest BCUT2D eigenvalue weighted by molar-refractivity contribution is 5.85. The van der Waals surface area contributed by atoms with Crippen molar-refractivity contribution >= 4 is 11.4 Å². The molecular formula is C15H15F2N3. The Balaban J connectivity index is 2.03. The van der Waals surface area contributed by atoms with Gasteiger partial charge < -0.3 is 5.73 Å². The van der Waals surface area contributed by atoms with Crippen LogP contribution in [0, 0.1) is 0 Å². The predicted octanol–water partition coefficient (Wildman–Crippen LogP) is 3.86. The Bertz CT molecular complexity index is 644. The quantitative estimate of drug-likeness (QED) is 0.874. The number of alkyl halides is 2. The summed E-state index contributed by atoms with van der Waals surface area (Å²) in [6.07, 6.45) is 1.52. The maximum Gasteiger partial charge on any atom is 0.251 e. The maximum absolute atomic E-state index is 13.2. The van der Waals surface area contributed by atoms with Crippen molar-refractivity contribution < 1.29 is 8.78 Å². The van der Waals surface area contributed by atoms with Crippen LogP contribution in [0.1, 0.15) is 24.8 Å². The summed E-state index contributed by atoms with van der Waals surface area (Å²) in [5.74, 6) is -2.24. The average Bonchev–Trinajstić information content (AvgIpc) is 2.82. The second-order valence-electron chi connectivity index (χ2n) is 5.01. The first-order valence-corrected chi connectivity index (χ1v) is 6.53. The van der Waals surface area contributed by atoms with Crippen LogP contribution in [-0.2, 0) is 0 Å². The number of aromatic amines is 1. The van der Waals surface area contributed by atoms with Crippen LogP contribution in [0.5, 0.6) is 0 Å². The van der Waals surface area contributed by atoms with Gasteiger partial charge >= 0.3 is 0 Å². The fourth-order valence-corrected chi connectivity index (χ4v) is 2.52. The van der Waals surface area contributed by atoms with Gasteiger partial charge in [-0.3, -0.25) is 5.10 Å². The number of anilines is 1. The molecule has 20 heavy (non-hydrogen) atoms. The molecule has 0 saturated heterocycles. The Hall–Kier alpha value is -2.17. The number of benzene rings is 1. The van der Waals surface area contributed by atoms with E-state index in [2.05, 4.69) is 10.2 Å². The Morgan fingerprint density at radius 2 is 1.95 bits per heavy atom. The third-order valence-corrected chi connectivity index (χ3v) is 3.59. The van der Waals surface area contributed by atoms with Crippen molar-refractivity contribution in [1.29, 1.82) is 0 Å². The van der Waals surface area contributed by atoms with Crippen LogP contribution in [0.2, 0.25) is 0 Å². The van der Waals surface area contributed by atoms with Gasteiger partial charge in [0.05, 0.1) is 5.69 Å². The lowest BCUT2D eigenvalue weighted by molar-refractivity contribution is -0.00602. The van der Waals surface area contributed by atoms with Crippen molar-refractivity contribution in [3.8, 4) is 11.3 Å². The van der Waals surface area contributed by atoms with Crippen LogP contribution in [0.4, 0.5) is 14.6 Å². The van der Waals surface area contributed by atoms with Crippen LogP contribution < -0.4 is 5.73 Å². The number of nitrogens with zero attached hydrogens (tertiary/aromatic N) is 1. The van der Waals surface area contributed by atoms with Crippen LogP contribution in [0.15, 0.2) is 36.4 Å². The minimum absolute atomic E-state index is 0.141. The first-order chi connectivity index (χ1) is 9.57. The molecule has 0 aliphatic heterocycles. The van der Waals surface area contributed by atoms with Crippen molar-refractivity contribution in [2.24, 2.45) is 0 Å². The first-order valence-electron chi connectivity index (χ1n) is 6.53. The van der Waals surface area contributed by atoms with E-state index in [1.54, 1.807) is 6.08 Å². The van der Waals surface area contributed by atoms with Gasteiger partial charge in [0.1, 0.15) is 0 Å². The number of aromatic nitrogens is 2. The topological polar surface area (TPSA) is 54.7 Å². The zero-order valence-corrected chi connectivity index (χ0v) is 10.9. The van der Waals surface area contributed by atoms with E-state index in [0.29, 0.717) is 12.2 Å². The first kappa shape index (κ1) is 12.8. The molecule has 0 saturated carbocycles. The summed E-state index contributed by atoms with van der Waals surface area (Å²) in [6, 6.07) is 9.63. The summed E-state index contributed by atoms with van der Waals surface area (Å²) in [6.45, 7) is 0. The molecule has 2 aromatic rings. The van der Waals surface area contributed by atoms with Crippen LogP contribution >= 0.6 is 0 Å². The van der Waals surface area contributed by atoms with E-state index in [4.69, 9.17) is 5.73 Å². The number of allylic oxidation sites excluding steroid dienone is 2. The molecule has 5 heteroatoms. The smallest absolute Gasteiger partial charge is 0.251 e. The molecule has 3 N–H and O–H groups in total. The van der Waals surface area contributed by atoms with Gasteiger partial charge in [0, 0.05) is 24.0 Å². The molecule has 1 aromatic carbocycles. The van der Waals surface area contributed by atoms with Gasteiger partial charge in [-0.05, 0) is 12.0 Å². The monoisotopic (exact) mass is 275 g/mol. The lowest BCUT2D eigenvalue weighted by atomic mass is 9.90. The van der Waals surface area contributed by atoms with Crippen molar-refractivity contribution in [3.63, 3.8) is 0 Å². The van der Waals surface area contributed by atoms with Crippen molar-refractivity contribution in [2.75, 3.05) is 5.73 Å². The Morgan fingerprint density at radius 1 is 1.20 bits per heavy atom. The number of nitrogen functional groups attached to an aromatic ring is 1. The second-order valence-corrected chi connectivity index (χ2v) is 5.01. The van der Waals surface area contributed by atoms with E-state index in [1.807, 2.05) is 30.3 Å². The molecule has 1 aliphatic carbocycles. The number of hydrogen-bond acceptors (Lipinski definition) is 2. The van der Waals surface area contributed by atoms with Gasteiger partial charge in [0.15, 0.2) is 5.82 Å². The number of halogens is 2. The summed E-state index contributed by atoms with van der Waals surface area (Å²) in [5.41, 5.74) is 9.25. The van der Waals surface area contributed by atoms with Crippen LogP contribution in [0.3, 0.4) is 0 Å². The van der Waals surface area contributed by atoms with Crippen molar-refractivity contribution in [2.45, 2.75) is 25.2 Å². The van der Waals surface area contributed by atoms with E-state index in [0.717, 1.165) is 22.4 Å². The maximum atomic E-state index is 13.2. The molecular weight excluding hydrogens is 260 g/mol. The highest BCUT2D eigenvalue weighted by Crippen LogP contribution is 2.40. The number of rotatable bonds is 2. The Morgan fingerprint density at radius 3 is 2.60 bits per heavy atom. The molecule has 0 bridgehead atoms. The molecule has 0 amide bonds. The molecule has 3 nitrogen and oxygen atoms in total. The van der Waals surface area contributed by atoms with Gasteiger partial charge in [0.25, 0.3) is 5.92 Å². The highest BCUT2D eigenvalue weighted by Gasteiger charge is 2.32. The molecule has 3 rings (SSSR count). The van der Waals surface area contributed by atoms with Crippen molar-refractivity contribution in [1.82, 2.24) is 10.2 Å². The van der Waals surface area contributed by atoms with E-state index in [-0.39, 0.29) is 12.8 Å². The SMILES string of the molecule is Nc1n[nH]c(-c2ccccc2)c1C1=CCC(F)(F)CC1. The van der Waals surface area contributed by atoms with Gasteiger partial charge in [0.2, 0.25) is 0 Å². The Labute approximate surface area is 115 Å². The number of hydrogen-bond donors (Lipinski definition) is 2. The van der Waals surface area contributed by atoms with Crippen LogP contribution in [0.25, 0.3) is 16.8 Å². The van der Waals surface area contributed by atoms with Gasteiger partial charge in [-0.15, -0.1) is 0 Å². The molecule has 0 radical (unpaired) electrons. The molecule has 0 spiro atoms. The van der Waals surface area contributed by atoms with Gasteiger partial charge in [-0.2, -0.15) is 5.10 Å². The molecule has 1 heterocycles. The summed E-state index contributed by atoms with van der Waals surface area (Å²) < 4.78 is 26.5. The number of H-pyrrole nitrogens is 1. The lowest BCUT2D eigenvalue weighted by Crippen LogP contribution is -2.18. The molecule has 0 atom stereocenters. The van der Waals surface area contributed by atoms with Gasteiger partial charge in [-0.25, -0.2) is 8.78 Å². The molecule has 1 aromatic heterocycles. The number of nitrogens with two attached hydrogens (primary N) is 1. The molecule has 0 fully saturated rings. The minimum Gasteiger partial charge on any atom is -0.382 e. The molecule has 104 valence electrons. The predicted molar refractivity (Wildman–Crippen MR) is 75.2 cm³/mol. The highest BCUT2D eigenvalue weighted by atomic mass is 19.3. The summed E-state index contributed by atoms with van der Waals surface area (Å²) in [7, 11) is 0. The van der Waals surface area contributed by atoms with E-state index in [1.165, 1.54) is 0 Å². The van der Waals surface area contributed by atoms with E-state index in [9.17, 15) is 8.78 Å². The fraction of sp³-hybridized carbons (Fsp3) is 0.267. The summed E-state index contributed by atoms with van der Waals surface area (Å²) in [4.78, 5) is 0. The summed E-state index contributed by atoms with van der Waals surface area (Å²) in [5, 5.41) is 6.93. The largest absolute Gasteiger partial charge is 0.382 e. The third kappa shape index (κ3) is 2.31. The normalized spacial score (nSPS) is 17.8. The van der Waals surface area contributed by atoms with Gasteiger partial charge in [-0.1, -0.05) is 36.4 Å². The Kier molecular flexibility index (Phi) is 3.04.